The van der Waals surface area contributed by atoms with Crippen LogP contribution in [0.2, 0.25) is 5.02 Å². The molecule has 8 heteroatoms. The number of carbonyl (C=O) groups is 3. The Morgan fingerprint density at radius 3 is 2.32 bits per heavy atom. The number of imide groups is 1. The van der Waals surface area contributed by atoms with Gasteiger partial charge in [0.15, 0.2) is 0 Å². The quantitative estimate of drug-likeness (QED) is 0.399. The molecule has 7 nitrogen and oxygen atoms in total. The summed E-state index contributed by atoms with van der Waals surface area (Å²) < 4.78 is 11.4. The first-order valence-corrected chi connectivity index (χ1v) is 13.5. The predicted octanol–water partition coefficient (Wildman–Crippen LogP) is 7.69. The number of halogens is 1. The van der Waals surface area contributed by atoms with E-state index in [0.29, 0.717) is 22.3 Å². The Morgan fingerprint density at radius 2 is 1.68 bits per heavy atom. The molecule has 1 aliphatic heterocycles. The summed E-state index contributed by atoms with van der Waals surface area (Å²) in [5.41, 5.74) is 1.19. The Bertz CT molecular complexity index is 1250. The van der Waals surface area contributed by atoms with Crippen molar-refractivity contribution in [2.45, 2.75) is 85.0 Å². The van der Waals surface area contributed by atoms with Crippen molar-refractivity contribution in [3.8, 4) is 0 Å². The van der Waals surface area contributed by atoms with E-state index in [1.807, 2.05) is 24.3 Å². The molecule has 3 unspecified atom stereocenters. The van der Waals surface area contributed by atoms with Crippen molar-refractivity contribution in [1.82, 2.24) is 0 Å². The highest BCUT2D eigenvalue weighted by molar-refractivity contribution is 6.30. The van der Waals surface area contributed by atoms with Crippen LogP contribution in [0.3, 0.4) is 0 Å². The van der Waals surface area contributed by atoms with Gasteiger partial charge in [-0.3, -0.25) is 9.69 Å². The van der Waals surface area contributed by atoms with Gasteiger partial charge in [0, 0.05) is 22.5 Å². The van der Waals surface area contributed by atoms with Crippen molar-refractivity contribution < 1.29 is 23.9 Å². The van der Waals surface area contributed by atoms with Gasteiger partial charge in [0.1, 0.15) is 11.2 Å². The van der Waals surface area contributed by atoms with E-state index in [1.165, 1.54) is 4.90 Å². The lowest BCUT2D eigenvalue weighted by atomic mass is 9.79. The highest BCUT2D eigenvalue weighted by atomic mass is 35.5. The fourth-order valence-corrected chi connectivity index (χ4v) is 5.56. The molecule has 0 radical (unpaired) electrons. The number of hydrogen-bond acceptors (Lipinski definition) is 5. The minimum Gasteiger partial charge on any atom is -0.443 e. The number of carbonyl (C=O) groups excluding carboxylic acids is 3. The summed E-state index contributed by atoms with van der Waals surface area (Å²) >= 11 is 6.21. The number of anilines is 2. The molecule has 3 atom stereocenters. The zero-order valence-corrected chi connectivity index (χ0v) is 24.0. The molecular weight excluding hydrogens is 504 g/mol. The average molecular weight is 541 g/mol. The van der Waals surface area contributed by atoms with Crippen molar-refractivity contribution in [1.29, 1.82) is 0 Å². The Morgan fingerprint density at radius 1 is 1.00 bits per heavy atom. The van der Waals surface area contributed by atoms with Crippen LogP contribution in [-0.2, 0) is 20.8 Å². The van der Waals surface area contributed by atoms with Crippen LogP contribution in [0.5, 0.6) is 0 Å². The molecule has 1 fully saturated rings. The number of amides is 3. The Hall–Kier alpha value is -3.06. The van der Waals surface area contributed by atoms with Gasteiger partial charge in [0.05, 0.1) is 12.2 Å². The third-order valence-electron chi connectivity index (χ3n) is 6.86. The summed E-state index contributed by atoms with van der Waals surface area (Å²) in [7, 11) is 0. The van der Waals surface area contributed by atoms with E-state index < -0.39 is 23.4 Å². The van der Waals surface area contributed by atoms with Gasteiger partial charge in [-0.15, -0.1) is 0 Å². The van der Waals surface area contributed by atoms with Crippen LogP contribution in [0.25, 0.3) is 0 Å². The normalized spacial score (nSPS) is 21.0. The number of nitrogens with zero attached hydrogens (tertiary/aromatic N) is 2. The van der Waals surface area contributed by atoms with E-state index in [2.05, 4.69) is 6.92 Å². The third-order valence-corrected chi connectivity index (χ3v) is 7.10. The number of benzene rings is 2. The maximum absolute atomic E-state index is 13.7. The zero-order chi connectivity index (χ0) is 28.0. The molecule has 3 amide bonds. The van der Waals surface area contributed by atoms with Crippen LogP contribution < -0.4 is 9.80 Å². The maximum atomic E-state index is 13.7. The van der Waals surface area contributed by atoms with E-state index >= 15 is 0 Å². The first kappa shape index (κ1) is 28.0. The van der Waals surface area contributed by atoms with Gasteiger partial charge >= 0.3 is 12.2 Å². The van der Waals surface area contributed by atoms with Gasteiger partial charge in [-0.05, 0) is 95.7 Å². The number of fused-ring (bicyclic) bond motifs is 3. The molecule has 1 aliphatic carbocycles. The molecule has 2 aromatic carbocycles. The highest BCUT2D eigenvalue weighted by Gasteiger charge is 2.49. The van der Waals surface area contributed by atoms with Crippen molar-refractivity contribution in [2.24, 2.45) is 11.8 Å². The smallest absolute Gasteiger partial charge is 0.421 e. The number of hydrogen-bond donors (Lipinski definition) is 0. The van der Waals surface area contributed by atoms with E-state index in [4.69, 9.17) is 21.1 Å². The first-order valence-electron chi connectivity index (χ1n) is 13.1. The molecule has 1 saturated carbocycles. The lowest BCUT2D eigenvalue weighted by molar-refractivity contribution is -0.123. The second-order valence-electron chi connectivity index (χ2n) is 12.3. The third kappa shape index (κ3) is 5.98. The molecule has 4 rings (SSSR count). The molecule has 0 bridgehead atoms. The van der Waals surface area contributed by atoms with Crippen molar-refractivity contribution in [3.63, 3.8) is 0 Å². The van der Waals surface area contributed by atoms with Crippen LogP contribution >= 0.6 is 11.6 Å². The van der Waals surface area contributed by atoms with Crippen molar-refractivity contribution in [2.75, 3.05) is 9.80 Å². The van der Waals surface area contributed by atoms with Crippen LogP contribution in [0.4, 0.5) is 21.0 Å². The van der Waals surface area contributed by atoms with E-state index in [1.54, 1.807) is 59.7 Å². The zero-order valence-electron chi connectivity index (χ0n) is 23.2. The Balaban J connectivity index is 1.82. The van der Waals surface area contributed by atoms with Gasteiger partial charge in [-0.25, -0.2) is 14.5 Å². The Kier molecular flexibility index (Phi) is 7.54. The summed E-state index contributed by atoms with van der Waals surface area (Å²) in [6.07, 6.45) is 0.376. The minimum absolute atomic E-state index is 0.00754. The van der Waals surface area contributed by atoms with Crippen LogP contribution in [0, 0.1) is 11.8 Å². The summed E-state index contributed by atoms with van der Waals surface area (Å²) in [4.78, 5) is 43.1. The maximum Gasteiger partial charge on any atom is 0.421 e. The predicted molar refractivity (Wildman–Crippen MR) is 149 cm³/mol. The molecular formula is C30H37ClN2O5. The average Bonchev–Trinajstić information content (AvgIpc) is 3.17. The standard InChI is InChI=1S/C30H37ClN2O5/c1-18-11-13-23-25(18)22-14-12-21(16-24(22)33(26(23)34)28(36)38-30(5,6)7)32(27(35)37-29(2,3)4)17-19-9-8-10-20(31)15-19/h8-10,12,14-16,18,23,25H,11,13,17H2,1-7H3. The summed E-state index contributed by atoms with van der Waals surface area (Å²) in [6, 6.07) is 12.8. The SMILES string of the molecule is CC1CCC2C(=O)N(C(=O)OC(C)(C)C)c3cc(N(Cc4cccc(Cl)c4)C(=O)OC(C)(C)C)ccc3C12. The molecule has 204 valence electrons. The van der Waals surface area contributed by atoms with Gasteiger partial charge < -0.3 is 9.47 Å². The lowest BCUT2D eigenvalue weighted by Gasteiger charge is -2.38. The van der Waals surface area contributed by atoms with E-state index in [9.17, 15) is 14.4 Å². The number of rotatable bonds is 3. The van der Waals surface area contributed by atoms with E-state index in [0.717, 1.165) is 28.9 Å². The lowest BCUT2D eigenvalue weighted by Crippen LogP contribution is -2.48. The molecule has 2 aromatic rings. The van der Waals surface area contributed by atoms with Gasteiger partial charge in [-0.2, -0.15) is 0 Å². The first-order chi connectivity index (χ1) is 17.6. The molecule has 1 heterocycles. The summed E-state index contributed by atoms with van der Waals surface area (Å²) in [5, 5.41) is 0.556. The largest absolute Gasteiger partial charge is 0.443 e. The summed E-state index contributed by atoms with van der Waals surface area (Å²) in [6.45, 7) is 13.1. The van der Waals surface area contributed by atoms with Gasteiger partial charge in [0.2, 0.25) is 5.91 Å². The molecule has 0 spiro atoms. The fourth-order valence-electron chi connectivity index (χ4n) is 5.35. The topological polar surface area (TPSA) is 76.2 Å². The monoisotopic (exact) mass is 540 g/mol. The van der Waals surface area contributed by atoms with Crippen LogP contribution in [-0.4, -0.2) is 29.3 Å². The number of ether oxygens (including phenoxy) is 2. The second kappa shape index (κ2) is 10.3. The van der Waals surface area contributed by atoms with Crippen molar-refractivity contribution >= 4 is 41.1 Å². The van der Waals surface area contributed by atoms with Gasteiger partial charge in [-0.1, -0.05) is 36.7 Å². The Labute approximate surface area is 230 Å². The van der Waals surface area contributed by atoms with Crippen LogP contribution in [0.1, 0.15) is 78.4 Å². The molecule has 0 N–H and O–H groups in total. The molecule has 2 aliphatic rings. The van der Waals surface area contributed by atoms with E-state index in [-0.39, 0.29) is 24.3 Å². The summed E-state index contributed by atoms with van der Waals surface area (Å²) in [5.74, 6) is -0.225. The van der Waals surface area contributed by atoms with Crippen molar-refractivity contribution in [3.05, 3.63) is 58.6 Å². The molecule has 0 saturated heterocycles. The second-order valence-corrected chi connectivity index (χ2v) is 12.7. The van der Waals surface area contributed by atoms with Gasteiger partial charge in [0.25, 0.3) is 0 Å². The molecule has 38 heavy (non-hydrogen) atoms. The minimum atomic E-state index is -0.774. The van der Waals surface area contributed by atoms with Crippen LogP contribution in [0.15, 0.2) is 42.5 Å². The highest BCUT2D eigenvalue weighted by Crippen LogP contribution is 2.52. The molecule has 0 aromatic heterocycles. The fraction of sp³-hybridized carbons (Fsp3) is 0.500.